The highest BCUT2D eigenvalue weighted by Crippen LogP contribution is 2.32. The lowest BCUT2D eigenvalue weighted by Gasteiger charge is -2.31. The molecule has 106 valence electrons. The summed E-state index contributed by atoms with van der Waals surface area (Å²) >= 11 is 14.8. The largest absolute Gasteiger partial charge is 0.478 e. The summed E-state index contributed by atoms with van der Waals surface area (Å²) in [6, 6.07) is 4.77. The zero-order valence-corrected chi connectivity index (χ0v) is 15.9. The Morgan fingerprint density at radius 3 is 2.11 bits per heavy atom. The number of rotatable bonds is 5. The first kappa shape index (κ1) is 17.3. The van der Waals surface area contributed by atoms with E-state index in [-0.39, 0.29) is 5.56 Å². The highest BCUT2D eigenvalue weighted by molar-refractivity contribution is 14.1. The van der Waals surface area contributed by atoms with Crippen LogP contribution in [0.4, 0.5) is 0 Å². The van der Waals surface area contributed by atoms with Crippen molar-refractivity contribution < 1.29 is 9.90 Å². The van der Waals surface area contributed by atoms with Crippen LogP contribution in [-0.2, 0) is 0 Å². The lowest BCUT2D eigenvalue weighted by Crippen LogP contribution is -2.47. The first-order valence-electron chi connectivity index (χ1n) is 6.25. The van der Waals surface area contributed by atoms with Crippen molar-refractivity contribution in [2.45, 2.75) is 38.9 Å². The summed E-state index contributed by atoms with van der Waals surface area (Å²) in [6.07, 6.45) is 0. The van der Waals surface area contributed by atoms with Crippen LogP contribution in [0.2, 0.25) is 28.2 Å². The molecule has 0 saturated heterocycles. The van der Waals surface area contributed by atoms with Crippen molar-refractivity contribution in [2.75, 3.05) is 0 Å². The molecule has 0 aliphatic rings. The Bertz CT molecular complexity index is 494. The van der Waals surface area contributed by atoms with Gasteiger partial charge in [0.05, 0.1) is 18.7 Å². The number of hydrogen-bond acceptors (Lipinski definition) is 1. The summed E-state index contributed by atoms with van der Waals surface area (Å²) in [5.41, 5.74) is 0.189. The number of hydrogen-bond donors (Lipinski definition) is 1. The van der Waals surface area contributed by atoms with E-state index in [4.69, 9.17) is 23.2 Å². The van der Waals surface area contributed by atoms with Gasteiger partial charge in [-0.25, -0.2) is 4.79 Å². The Labute approximate surface area is 138 Å². The molecule has 0 aromatic heterocycles. The van der Waals surface area contributed by atoms with Crippen molar-refractivity contribution in [1.82, 2.24) is 0 Å². The maximum atomic E-state index is 11.4. The van der Waals surface area contributed by atoms with Crippen molar-refractivity contribution in [2.24, 2.45) is 0 Å². The predicted octanol–water partition coefficient (Wildman–Crippen LogP) is 5.01. The number of halogens is 3. The van der Waals surface area contributed by atoms with E-state index in [0.717, 1.165) is 23.3 Å². The second-order valence-corrected chi connectivity index (χ2v) is 11.7. The molecule has 0 aliphatic heterocycles. The number of carboxylic acids is 1. The quantitative estimate of drug-likeness (QED) is 0.526. The molecule has 1 aromatic carbocycles. The summed E-state index contributed by atoms with van der Waals surface area (Å²) in [4.78, 5) is 11.4. The van der Waals surface area contributed by atoms with Crippen LogP contribution in [0.15, 0.2) is 6.07 Å². The van der Waals surface area contributed by atoms with E-state index in [0.29, 0.717) is 13.6 Å². The van der Waals surface area contributed by atoms with Crippen LogP contribution in [0.25, 0.3) is 0 Å². The van der Waals surface area contributed by atoms with E-state index < -0.39 is 14.0 Å². The molecular weight excluding hydrogens is 414 g/mol. The average Bonchev–Trinajstić information content (AvgIpc) is 2.33. The second-order valence-electron chi connectivity index (χ2n) is 4.55. The van der Waals surface area contributed by atoms with E-state index in [2.05, 4.69) is 20.8 Å². The van der Waals surface area contributed by atoms with Crippen LogP contribution < -0.4 is 5.19 Å². The maximum absolute atomic E-state index is 11.4. The first-order valence-corrected chi connectivity index (χ1v) is 10.7. The third kappa shape index (κ3) is 3.12. The first-order chi connectivity index (χ1) is 8.84. The molecule has 0 spiro atoms. The molecule has 2 nitrogen and oxygen atoms in total. The second kappa shape index (κ2) is 6.78. The highest BCUT2D eigenvalue weighted by Gasteiger charge is 2.35. The molecule has 1 aromatic rings. The van der Waals surface area contributed by atoms with Crippen LogP contribution in [0.1, 0.15) is 31.1 Å². The minimum absolute atomic E-state index is 0.189. The van der Waals surface area contributed by atoms with E-state index in [1.165, 1.54) is 0 Å². The standard InChI is InChI=1S/C13H17Cl2IO2Si/c1-4-19(5-2,6-3)12-8(14)7-9(16)10(11(12)15)13(17)18/h7H,4-6H2,1-3H3,(H,17,18). The fraction of sp³-hybridized carbons (Fsp3) is 0.462. The van der Waals surface area contributed by atoms with Crippen LogP contribution in [0, 0.1) is 3.57 Å². The molecule has 0 aliphatic carbocycles. The van der Waals surface area contributed by atoms with Crippen molar-refractivity contribution in [3.63, 3.8) is 0 Å². The Morgan fingerprint density at radius 1 is 1.26 bits per heavy atom. The molecule has 6 heteroatoms. The van der Waals surface area contributed by atoms with Crippen molar-refractivity contribution in [3.8, 4) is 0 Å². The molecule has 0 atom stereocenters. The molecule has 0 radical (unpaired) electrons. The number of carboxylic acid groups (broad SMARTS) is 1. The topological polar surface area (TPSA) is 37.3 Å². The number of carbonyl (C=O) groups is 1. The Kier molecular flexibility index (Phi) is 6.16. The average molecular weight is 431 g/mol. The minimum atomic E-state index is -1.81. The van der Waals surface area contributed by atoms with Gasteiger partial charge in [-0.2, -0.15) is 0 Å². The Hall–Kier alpha value is 0.217. The predicted molar refractivity (Wildman–Crippen MR) is 93.0 cm³/mol. The zero-order chi connectivity index (χ0) is 14.8. The molecule has 1 rings (SSSR count). The summed E-state index contributed by atoms with van der Waals surface area (Å²) in [5, 5.41) is 11.2. The highest BCUT2D eigenvalue weighted by atomic mass is 127. The maximum Gasteiger partial charge on any atom is 0.338 e. The van der Waals surface area contributed by atoms with Crippen LogP contribution in [0.5, 0.6) is 0 Å². The minimum Gasteiger partial charge on any atom is -0.478 e. The number of aromatic carboxylic acids is 1. The van der Waals surface area contributed by atoms with Gasteiger partial charge in [0.25, 0.3) is 0 Å². The van der Waals surface area contributed by atoms with Gasteiger partial charge < -0.3 is 5.11 Å². The molecule has 0 amide bonds. The summed E-state index contributed by atoms with van der Waals surface area (Å²) in [5.74, 6) is -0.987. The molecule has 1 N–H and O–H groups in total. The number of benzene rings is 1. The van der Waals surface area contributed by atoms with Gasteiger partial charge in [-0.1, -0.05) is 62.1 Å². The van der Waals surface area contributed by atoms with Crippen molar-refractivity contribution >= 4 is 65.0 Å². The van der Waals surface area contributed by atoms with Crippen LogP contribution >= 0.6 is 45.8 Å². The normalized spacial score (nSPS) is 11.7. The molecule has 0 fully saturated rings. The van der Waals surface area contributed by atoms with Gasteiger partial charge in [0, 0.05) is 8.59 Å². The summed E-state index contributed by atoms with van der Waals surface area (Å²) in [6.45, 7) is 6.43. The Balaban J connectivity index is 3.69. The van der Waals surface area contributed by atoms with Crippen molar-refractivity contribution in [3.05, 3.63) is 25.2 Å². The van der Waals surface area contributed by atoms with Gasteiger partial charge in [-0.3, -0.25) is 0 Å². The van der Waals surface area contributed by atoms with E-state index in [1.54, 1.807) is 6.07 Å². The van der Waals surface area contributed by atoms with Gasteiger partial charge in [0.2, 0.25) is 0 Å². The van der Waals surface area contributed by atoms with Crippen LogP contribution in [-0.4, -0.2) is 19.1 Å². The summed E-state index contributed by atoms with van der Waals surface area (Å²) < 4.78 is 0.593. The van der Waals surface area contributed by atoms with Gasteiger partial charge in [0.1, 0.15) is 0 Å². The van der Waals surface area contributed by atoms with E-state index in [1.807, 2.05) is 22.6 Å². The molecule has 0 heterocycles. The third-order valence-corrected chi connectivity index (χ3v) is 11.4. The lowest BCUT2D eigenvalue weighted by molar-refractivity contribution is 0.0696. The van der Waals surface area contributed by atoms with Gasteiger partial charge >= 0.3 is 5.97 Å². The fourth-order valence-electron chi connectivity index (χ4n) is 2.55. The molecular formula is C13H17Cl2IO2Si. The van der Waals surface area contributed by atoms with Gasteiger partial charge in [-0.05, 0) is 33.8 Å². The Morgan fingerprint density at radius 2 is 1.74 bits per heavy atom. The van der Waals surface area contributed by atoms with Gasteiger partial charge in [0.15, 0.2) is 0 Å². The third-order valence-electron chi connectivity index (χ3n) is 3.94. The molecule has 0 bridgehead atoms. The molecule has 19 heavy (non-hydrogen) atoms. The van der Waals surface area contributed by atoms with Crippen LogP contribution in [0.3, 0.4) is 0 Å². The smallest absolute Gasteiger partial charge is 0.338 e. The fourth-order valence-corrected chi connectivity index (χ4v) is 9.18. The monoisotopic (exact) mass is 430 g/mol. The lowest BCUT2D eigenvalue weighted by atomic mass is 10.2. The SMILES string of the molecule is CC[Si](CC)(CC)c1c(Cl)cc(I)c(C(=O)O)c1Cl. The molecule has 0 unspecified atom stereocenters. The van der Waals surface area contributed by atoms with E-state index >= 15 is 0 Å². The van der Waals surface area contributed by atoms with Gasteiger partial charge in [-0.15, -0.1) is 0 Å². The molecule has 0 saturated carbocycles. The zero-order valence-electron chi connectivity index (χ0n) is 11.2. The van der Waals surface area contributed by atoms with E-state index in [9.17, 15) is 9.90 Å². The van der Waals surface area contributed by atoms with Crippen molar-refractivity contribution in [1.29, 1.82) is 0 Å². The summed E-state index contributed by atoms with van der Waals surface area (Å²) in [7, 11) is -1.81.